The van der Waals surface area contributed by atoms with Gasteiger partial charge in [0.2, 0.25) is 0 Å². The number of aromatic nitrogens is 4. The van der Waals surface area contributed by atoms with Crippen molar-refractivity contribution in [1.29, 1.82) is 0 Å². The maximum Gasteiger partial charge on any atom is 0.0954 e. The van der Waals surface area contributed by atoms with Gasteiger partial charge in [-0.2, -0.15) is 5.10 Å². The summed E-state index contributed by atoms with van der Waals surface area (Å²) in [6.45, 7) is 6.38. The topological polar surface area (TPSA) is 61.7 Å². The fourth-order valence-corrected chi connectivity index (χ4v) is 2.05. The van der Waals surface area contributed by atoms with Crippen LogP contribution in [-0.4, -0.2) is 19.3 Å². The summed E-state index contributed by atoms with van der Waals surface area (Å²) in [7, 11) is 1.92. The van der Waals surface area contributed by atoms with E-state index in [-0.39, 0.29) is 12.1 Å². The molecule has 18 heavy (non-hydrogen) atoms. The molecule has 0 aliphatic heterocycles. The summed E-state index contributed by atoms with van der Waals surface area (Å²) in [6, 6.07) is 0.202. The van der Waals surface area contributed by atoms with Gasteiger partial charge in [-0.05, 0) is 12.8 Å². The van der Waals surface area contributed by atoms with Crippen molar-refractivity contribution in [2.45, 2.75) is 32.9 Å². The zero-order chi connectivity index (χ0) is 13.3. The molecule has 2 atom stereocenters. The van der Waals surface area contributed by atoms with Crippen molar-refractivity contribution < 1.29 is 0 Å². The van der Waals surface area contributed by atoms with Gasteiger partial charge in [0.1, 0.15) is 0 Å². The van der Waals surface area contributed by atoms with E-state index >= 15 is 0 Å². The van der Waals surface area contributed by atoms with Gasteiger partial charge in [0.15, 0.2) is 0 Å². The predicted octanol–water partition coefficient (Wildman–Crippen LogP) is 1.88. The lowest BCUT2D eigenvalue weighted by atomic mass is 10.0. The quantitative estimate of drug-likeness (QED) is 0.897. The molecule has 0 saturated carbocycles. The molecule has 5 heteroatoms. The molecule has 2 rings (SSSR count). The predicted molar refractivity (Wildman–Crippen MR) is 71.0 cm³/mol. The SMILES string of the molecule is CC(C)C(N)c1cncn1C(C)c1cnn(C)c1. The third kappa shape index (κ3) is 2.31. The average Bonchev–Trinajstić information content (AvgIpc) is 2.95. The van der Waals surface area contributed by atoms with Gasteiger partial charge in [-0.15, -0.1) is 0 Å². The molecule has 2 aromatic heterocycles. The first kappa shape index (κ1) is 12.8. The Morgan fingerprint density at radius 1 is 1.22 bits per heavy atom. The van der Waals surface area contributed by atoms with Crippen molar-refractivity contribution in [2.24, 2.45) is 18.7 Å². The monoisotopic (exact) mass is 247 g/mol. The Bertz CT molecular complexity index is 511. The van der Waals surface area contributed by atoms with Crippen LogP contribution in [0, 0.1) is 5.92 Å². The fourth-order valence-electron chi connectivity index (χ4n) is 2.05. The molecule has 0 aromatic carbocycles. The van der Waals surface area contributed by atoms with E-state index in [4.69, 9.17) is 5.73 Å². The standard InChI is InChI=1S/C13H21N5/c1-9(2)13(14)12-6-15-8-18(12)10(3)11-5-16-17(4)7-11/h5-10,13H,14H2,1-4H3. The molecule has 2 N–H and O–H groups in total. The third-order valence-electron chi connectivity index (χ3n) is 3.38. The molecule has 0 aliphatic rings. The van der Waals surface area contributed by atoms with Crippen molar-refractivity contribution in [1.82, 2.24) is 19.3 Å². The van der Waals surface area contributed by atoms with Crippen LogP contribution in [0.15, 0.2) is 24.9 Å². The second kappa shape index (κ2) is 4.94. The van der Waals surface area contributed by atoms with Gasteiger partial charge in [-0.3, -0.25) is 4.68 Å². The molecule has 0 bridgehead atoms. The van der Waals surface area contributed by atoms with E-state index in [9.17, 15) is 0 Å². The summed E-state index contributed by atoms with van der Waals surface area (Å²) in [6.07, 6.45) is 7.61. The van der Waals surface area contributed by atoms with Crippen molar-refractivity contribution in [2.75, 3.05) is 0 Å². The highest BCUT2D eigenvalue weighted by molar-refractivity contribution is 5.16. The summed E-state index contributed by atoms with van der Waals surface area (Å²) in [4.78, 5) is 4.23. The van der Waals surface area contributed by atoms with Crippen LogP contribution in [0.5, 0.6) is 0 Å². The Morgan fingerprint density at radius 3 is 2.50 bits per heavy atom. The van der Waals surface area contributed by atoms with E-state index in [0.717, 1.165) is 11.3 Å². The highest BCUT2D eigenvalue weighted by atomic mass is 15.2. The number of imidazole rings is 1. The van der Waals surface area contributed by atoms with Crippen LogP contribution in [-0.2, 0) is 7.05 Å². The second-order valence-electron chi connectivity index (χ2n) is 5.12. The lowest BCUT2D eigenvalue weighted by molar-refractivity contribution is 0.468. The minimum Gasteiger partial charge on any atom is -0.326 e. The molecular weight excluding hydrogens is 226 g/mol. The van der Waals surface area contributed by atoms with E-state index in [1.165, 1.54) is 0 Å². The lowest BCUT2D eigenvalue weighted by Crippen LogP contribution is -2.22. The molecule has 2 heterocycles. The maximum absolute atomic E-state index is 6.22. The van der Waals surface area contributed by atoms with E-state index in [1.807, 2.05) is 36.6 Å². The summed E-state index contributed by atoms with van der Waals surface area (Å²) >= 11 is 0. The summed E-state index contributed by atoms with van der Waals surface area (Å²) in [5.74, 6) is 0.390. The highest BCUT2D eigenvalue weighted by Crippen LogP contribution is 2.24. The normalized spacial score (nSPS) is 15.0. The van der Waals surface area contributed by atoms with E-state index in [2.05, 4.69) is 35.4 Å². The smallest absolute Gasteiger partial charge is 0.0954 e. The highest BCUT2D eigenvalue weighted by Gasteiger charge is 2.19. The van der Waals surface area contributed by atoms with Crippen LogP contribution < -0.4 is 5.73 Å². The zero-order valence-corrected chi connectivity index (χ0v) is 11.4. The van der Waals surface area contributed by atoms with E-state index in [1.54, 1.807) is 0 Å². The number of rotatable bonds is 4. The number of nitrogens with two attached hydrogens (primary N) is 1. The molecule has 0 saturated heterocycles. The Morgan fingerprint density at radius 2 is 1.94 bits per heavy atom. The molecule has 2 unspecified atom stereocenters. The van der Waals surface area contributed by atoms with Crippen molar-refractivity contribution in [3.63, 3.8) is 0 Å². The first-order chi connectivity index (χ1) is 8.50. The van der Waals surface area contributed by atoms with E-state index < -0.39 is 0 Å². The molecule has 0 amide bonds. The number of aryl methyl sites for hydroxylation is 1. The van der Waals surface area contributed by atoms with Crippen LogP contribution in [0.4, 0.5) is 0 Å². The van der Waals surface area contributed by atoms with Crippen LogP contribution in [0.3, 0.4) is 0 Å². The Balaban J connectivity index is 2.31. The Kier molecular flexibility index (Phi) is 3.52. The maximum atomic E-state index is 6.22. The average molecular weight is 247 g/mol. The van der Waals surface area contributed by atoms with Gasteiger partial charge < -0.3 is 10.3 Å². The molecule has 5 nitrogen and oxygen atoms in total. The van der Waals surface area contributed by atoms with Gasteiger partial charge in [-0.1, -0.05) is 13.8 Å². The largest absolute Gasteiger partial charge is 0.326 e. The van der Waals surface area contributed by atoms with Gasteiger partial charge >= 0.3 is 0 Å². The summed E-state index contributed by atoms with van der Waals surface area (Å²) < 4.78 is 3.94. The summed E-state index contributed by atoms with van der Waals surface area (Å²) in [5, 5.41) is 4.21. The third-order valence-corrected chi connectivity index (χ3v) is 3.38. The minimum atomic E-state index is 0.00613. The molecule has 2 aromatic rings. The van der Waals surface area contributed by atoms with Crippen molar-refractivity contribution in [3.05, 3.63) is 36.2 Å². The Hall–Kier alpha value is -1.62. The second-order valence-corrected chi connectivity index (χ2v) is 5.12. The van der Waals surface area contributed by atoms with Crippen LogP contribution in [0.1, 0.15) is 44.1 Å². The minimum absolute atomic E-state index is 0.00613. The zero-order valence-electron chi connectivity index (χ0n) is 11.4. The number of hydrogen-bond donors (Lipinski definition) is 1. The lowest BCUT2D eigenvalue weighted by Gasteiger charge is -2.21. The van der Waals surface area contributed by atoms with Crippen LogP contribution in [0.2, 0.25) is 0 Å². The first-order valence-electron chi connectivity index (χ1n) is 6.26. The van der Waals surface area contributed by atoms with Gasteiger partial charge in [-0.25, -0.2) is 4.98 Å². The molecule has 0 radical (unpaired) electrons. The van der Waals surface area contributed by atoms with E-state index in [0.29, 0.717) is 5.92 Å². The summed E-state index contributed by atoms with van der Waals surface area (Å²) in [5.41, 5.74) is 8.45. The van der Waals surface area contributed by atoms with Gasteiger partial charge in [0.25, 0.3) is 0 Å². The number of nitrogens with zero attached hydrogens (tertiary/aromatic N) is 4. The molecule has 0 aliphatic carbocycles. The van der Waals surface area contributed by atoms with Gasteiger partial charge in [0.05, 0.1) is 24.3 Å². The van der Waals surface area contributed by atoms with Crippen molar-refractivity contribution >= 4 is 0 Å². The number of hydrogen-bond acceptors (Lipinski definition) is 3. The fraction of sp³-hybridized carbons (Fsp3) is 0.538. The van der Waals surface area contributed by atoms with Crippen molar-refractivity contribution in [3.8, 4) is 0 Å². The Labute approximate surface area is 108 Å². The molecule has 98 valence electrons. The van der Waals surface area contributed by atoms with Gasteiger partial charge in [0, 0.05) is 31.0 Å². The first-order valence-corrected chi connectivity index (χ1v) is 6.26. The molecule has 0 fully saturated rings. The molecular formula is C13H21N5. The van der Waals surface area contributed by atoms with Crippen LogP contribution in [0.25, 0.3) is 0 Å². The molecule has 0 spiro atoms. The van der Waals surface area contributed by atoms with Crippen LogP contribution >= 0.6 is 0 Å².